The van der Waals surface area contributed by atoms with E-state index in [0.29, 0.717) is 0 Å². The predicted octanol–water partition coefficient (Wildman–Crippen LogP) is 1.33. The van der Waals surface area contributed by atoms with Crippen LogP contribution in [-0.2, 0) is 22.0 Å². The Morgan fingerprint density at radius 1 is 1.47 bits per heavy atom. The molecule has 1 amide bonds. The van der Waals surface area contributed by atoms with E-state index in [9.17, 15) is 9.00 Å². The molecule has 0 N–H and O–H groups in total. The Kier molecular flexibility index (Phi) is 2.61. The Labute approximate surface area is 91.5 Å². The molecule has 0 spiro atoms. The lowest BCUT2D eigenvalue weighted by Gasteiger charge is -2.14. The second-order valence-electron chi connectivity index (χ2n) is 3.67. The Balaban J connectivity index is 2.42. The van der Waals surface area contributed by atoms with Crippen molar-refractivity contribution in [3.63, 3.8) is 0 Å². The van der Waals surface area contributed by atoms with E-state index >= 15 is 0 Å². The minimum Gasteiger partial charge on any atom is -0.312 e. The van der Waals surface area contributed by atoms with Crippen LogP contribution >= 0.6 is 0 Å². The van der Waals surface area contributed by atoms with Crippen LogP contribution in [-0.4, -0.2) is 22.9 Å². The number of nitrogens with zero attached hydrogens (tertiary/aromatic N) is 1. The van der Waals surface area contributed by atoms with Gasteiger partial charge in [0.1, 0.15) is 0 Å². The van der Waals surface area contributed by atoms with Gasteiger partial charge in [-0.15, -0.1) is 0 Å². The lowest BCUT2D eigenvalue weighted by Crippen LogP contribution is -2.25. The van der Waals surface area contributed by atoms with Gasteiger partial charge in [0.15, 0.2) is 0 Å². The van der Waals surface area contributed by atoms with E-state index in [1.165, 1.54) is 0 Å². The van der Waals surface area contributed by atoms with Crippen molar-refractivity contribution in [1.29, 1.82) is 0 Å². The molecule has 0 bridgehead atoms. The van der Waals surface area contributed by atoms with Crippen LogP contribution in [0.1, 0.15) is 12.5 Å². The molecule has 1 heterocycles. The van der Waals surface area contributed by atoms with Gasteiger partial charge in [0.2, 0.25) is 5.91 Å². The number of carbonyl (C=O) groups is 1. The van der Waals surface area contributed by atoms with Crippen molar-refractivity contribution in [3.05, 3.63) is 23.8 Å². The average molecular weight is 223 g/mol. The molecular formula is C11H13NO2S. The molecule has 3 nitrogen and oxygen atoms in total. The van der Waals surface area contributed by atoms with Crippen molar-refractivity contribution in [2.45, 2.75) is 18.2 Å². The number of anilines is 1. The molecule has 1 aromatic rings. The van der Waals surface area contributed by atoms with Crippen molar-refractivity contribution >= 4 is 22.4 Å². The van der Waals surface area contributed by atoms with Gasteiger partial charge in [0.25, 0.3) is 0 Å². The van der Waals surface area contributed by atoms with Crippen LogP contribution in [0.5, 0.6) is 0 Å². The highest BCUT2D eigenvalue weighted by Crippen LogP contribution is 2.29. The summed E-state index contributed by atoms with van der Waals surface area (Å²) in [4.78, 5) is 13.9. The third-order valence-electron chi connectivity index (χ3n) is 2.66. The van der Waals surface area contributed by atoms with Gasteiger partial charge in [-0.3, -0.25) is 9.00 Å². The van der Waals surface area contributed by atoms with Gasteiger partial charge < -0.3 is 4.90 Å². The standard InChI is InChI=1S/C11H13NO2S/c1-8(13)12-6-5-9-7-10(15(2)14)3-4-11(9)12/h3-4,7H,5-6H2,1-2H3. The summed E-state index contributed by atoms with van der Waals surface area (Å²) in [6, 6.07) is 5.66. The van der Waals surface area contributed by atoms with Crippen molar-refractivity contribution in [1.82, 2.24) is 0 Å². The predicted molar refractivity (Wildman–Crippen MR) is 60.5 cm³/mol. The molecule has 1 aliphatic rings. The van der Waals surface area contributed by atoms with E-state index in [1.807, 2.05) is 18.2 Å². The molecule has 0 saturated heterocycles. The van der Waals surface area contributed by atoms with Crippen molar-refractivity contribution in [2.24, 2.45) is 0 Å². The van der Waals surface area contributed by atoms with Crippen LogP contribution < -0.4 is 4.90 Å². The first-order valence-electron chi connectivity index (χ1n) is 4.84. The first-order chi connectivity index (χ1) is 7.09. The summed E-state index contributed by atoms with van der Waals surface area (Å²) in [5, 5.41) is 0. The second kappa shape index (κ2) is 3.77. The van der Waals surface area contributed by atoms with Gasteiger partial charge >= 0.3 is 0 Å². The molecule has 0 radical (unpaired) electrons. The molecule has 2 rings (SSSR count). The fourth-order valence-corrected chi connectivity index (χ4v) is 2.45. The molecule has 0 saturated carbocycles. The van der Waals surface area contributed by atoms with E-state index in [0.717, 1.165) is 29.1 Å². The Hall–Kier alpha value is -1.16. The molecule has 0 aliphatic carbocycles. The summed E-state index contributed by atoms with van der Waals surface area (Å²) in [5.74, 6) is 0.0686. The van der Waals surface area contributed by atoms with Crippen LogP contribution in [0.25, 0.3) is 0 Å². The smallest absolute Gasteiger partial charge is 0.223 e. The average Bonchev–Trinajstić information content (AvgIpc) is 2.59. The van der Waals surface area contributed by atoms with E-state index < -0.39 is 10.8 Å². The SMILES string of the molecule is CC(=O)N1CCc2cc(S(C)=O)ccc21. The zero-order valence-corrected chi connectivity index (χ0v) is 9.63. The molecule has 0 aromatic heterocycles. The quantitative estimate of drug-likeness (QED) is 0.720. The maximum Gasteiger partial charge on any atom is 0.223 e. The van der Waals surface area contributed by atoms with Crippen molar-refractivity contribution < 1.29 is 9.00 Å². The molecule has 80 valence electrons. The van der Waals surface area contributed by atoms with Crippen LogP contribution in [0.4, 0.5) is 5.69 Å². The van der Waals surface area contributed by atoms with Crippen molar-refractivity contribution in [3.8, 4) is 0 Å². The molecule has 4 heteroatoms. The zero-order valence-electron chi connectivity index (χ0n) is 8.82. The monoisotopic (exact) mass is 223 g/mol. The van der Waals surface area contributed by atoms with E-state index in [-0.39, 0.29) is 5.91 Å². The summed E-state index contributed by atoms with van der Waals surface area (Å²) < 4.78 is 11.3. The molecule has 0 fully saturated rings. The molecule has 1 unspecified atom stereocenters. The van der Waals surface area contributed by atoms with Crippen LogP contribution in [0.15, 0.2) is 23.1 Å². The largest absolute Gasteiger partial charge is 0.312 e. The van der Waals surface area contributed by atoms with E-state index in [2.05, 4.69) is 0 Å². The number of carbonyl (C=O) groups excluding carboxylic acids is 1. The summed E-state index contributed by atoms with van der Waals surface area (Å²) in [7, 11) is -0.947. The van der Waals surface area contributed by atoms with E-state index in [1.54, 1.807) is 18.1 Å². The maximum atomic E-state index is 11.3. The number of hydrogen-bond acceptors (Lipinski definition) is 2. The summed E-state index contributed by atoms with van der Waals surface area (Å²) in [6.45, 7) is 2.31. The third kappa shape index (κ3) is 1.81. The molecule has 15 heavy (non-hydrogen) atoms. The van der Waals surface area contributed by atoms with Crippen LogP contribution in [0.3, 0.4) is 0 Å². The molecule has 1 atom stereocenters. The lowest BCUT2D eigenvalue weighted by atomic mass is 10.2. The van der Waals surface area contributed by atoms with Crippen LogP contribution in [0, 0.1) is 0 Å². The third-order valence-corrected chi connectivity index (χ3v) is 3.58. The molecule has 1 aromatic carbocycles. The summed E-state index contributed by atoms with van der Waals surface area (Å²) in [5.41, 5.74) is 2.09. The fourth-order valence-electron chi connectivity index (χ4n) is 1.88. The maximum absolute atomic E-state index is 11.3. The highest BCUT2D eigenvalue weighted by atomic mass is 32.2. The topological polar surface area (TPSA) is 37.4 Å². The minimum atomic E-state index is -0.947. The number of benzene rings is 1. The normalized spacial score (nSPS) is 16.3. The fraction of sp³-hybridized carbons (Fsp3) is 0.364. The number of hydrogen-bond donors (Lipinski definition) is 0. The highest BCUT2D eigenvalue weighted by molar-refractivity contribution is 7.84. The second-order valence-corrected chi connectivity index (χ2v) is 5.04. The Morgan fingerprint density at radius 2 is 2.20 bits per heavy atom. The molecule has 1 aliphatic heterocycles. The Morgan fingerprint density at radius 3 is 2.80 bits per heavy atom. The highest BCUT2D eigenvalue weighted by Gasteiger charge is 2.22. The first-order valence-corrected chi connectivity index (χ1v) is 6.40. The Bertz CT molecular complexity index is 442. The first kappa shape index (κ1) is 10.4. The zero-order chi connectivity index (χ0) is 11.0. The van der Waals surface area contributed by atoms with Gasteiger partial charge in [-0.1, -0.05) is 0 Å². The number of rotatable bonds is 1. The summed E-state index contributed by atoms with van der Waals surface area (Å²) in [6.07, 6.45) is 2.53. The van der Waals surface area contributed by atoms with Crippen LogP contribution in [0.2, 0.25) is 0 Å². The molecular weight excluding hydrogens is 210 g/mol. The summed E-state index contributed by atoms with van der Waals surface area (Å²) >= 11 is 0. The van der Waals surface area contributed by atoms with Crippen molar-refractivity contribution in [2.75, 3.05) is 17.7 Å². The minimum absolute atomic E-state index is 0.0686. The number of amides is 1. The number of fused-ring (bicyclic) bond motifs is 1. The lowest BCUT2D eigenvalue weighted by molar-refractivity contribution is -0.116. The van der Waals surface area contributed by atoms with Gasteiger partial charge in [0.05, 0.1) is 0 Å². The van der Waals surface area contributed by atoms with Gasteiger partial charge in [-0.25, -0.2) is 0 Å². The van der Waals surface area contributed by atoms with Gasteiger partial charge in [0, 0.05) is 41.1 Å². The van der Waals surface area contributed by atoms with E-state index in [4.69, 9.17) is 0 Å². The van der Waals surface area contributed by atoms with Gasteiger partial charge in [-0.2, -0.15) is 0 Å². The van der Waals surface area contributed by atoms with Gasteiger partial charge in [-0.05, 0) is 30.2 Å².